The third kappa shape index (κ3) is 5.11. The van der Waals surface area contributed by atoms with Crippen LogP contribution in [0.25, 0.3) is 0 Å². The highest BCUT2D eigenvalue weighted by Crippen LogP contribution is 2.38. The summed E-state index contributed by atoms with van der Waals surface area (Å²) in [4.78, 5) is 33.8. The molecule has 0 aliphatic rings. The molecule has 0 fully saturated rings. The lowest BCUT2D eigenvalue weighted by molar-refractivity contribution is -0.384. The van der Waals surface area contributed by atoms with Crippen LogP contribution in [0.1, 0.15) is 15.9 Å². The lowest BCUT2D eigenvalue weighted by Crippen LogP contribution is -2.23. The Morgan fingerprint density at radius 2 is 1.82 bits per heavy atom. The van der Waals surface area contributed by atoms with Crippen LogP contribution in [0, 0.1) is 10.1 Å². The van der Waals surface area contributed by atoms with Gasteiger partial charge in [0, 0.05) is 6.07 Å². The molecule has 1 N–H and O–H groups in total. The molecule has 0 radical (unpaired) electrons. The van der Waals surface area contributed by atoms with Crippen molar-refractivity contribution in [1.82, 2.24) is 0 Å². The summed E-state index contributed by atoms with van der Waals surface area (Å²) in [6.45, 7) is -0.947. The highest BCUT2D eigenvalue weighted by atomic mass is 35.5. The van der Waals surface area contributed by atoms with Gasteiger partial charge in [-0.2, -0.15) is 13.2 Å². The number of hydrogen-bond donors (Lipinski definition) is 1. The first-order valence-corrected chi connectivity index (χ1v) is 8.03. The fourth-order valence-corrected chi connectivity index (χ4v) is 2.47. The summed E-state index contributed by atoms with van der Waals surface area (Å²) in [7, 11) is 0. The van der Waals surface area contributed by atoms with E-state index in [0.717, 1.165) is 36.4 Å². The normalized spacial score (nSPS) is 11.0. The number of nitrogens with zero attached hydrogens (tertiary/aromatic N) is 1. The molecule has 148 valence electrons. The quantitative estimate of drug-likeness (QED) is 0.415. The smallest absolute Gasteiger partial charge is 0.418 e. The fourth-order valence-electron chi connectivity index (χ4n) is 2.06. The van der Waals surface area contributed by atoms with Crippen LogP contribution >= 0.6 is 23.2 Å². The molecular formula is C16H9Cl2F3N2O5. The van der Waals surface area contributed by atoms with Gasteiger partial charge in [-0.25, -0.2) is 4.79 Å². The number of esters is 1. The second kappa shape index (κ2) is 8.44. The van der Waals surface area contributed by atoms with Gasteiger partial charge < -0.3 is 10.1 Å². The molecule has 28 heavy (non-hydrogen) atoms. The minimum atomic E-state index is -4.77. The molecule has 0 aromatic heterocycles. The van der Waals surface area contributed by atoms with Gasteiger partial charge in [0.05, 0.1) is 26.8 Å². The molecule has 0 spiro atoms. The average Bonchev–Trinajstić information content (AvgIpc) is 2.60. The van der Waals surface area contributed by atoms with Crippen molar-refractivity contribution in [3.05, 3.63) is 67.7 Å². The van der Waals surface area contributed by atoms with E-state index in [1.165, 1.54) is 0 Å². The molecule has 7 nitrogen and oxygen atoms in total. The molecule has 0 atom stereocenters. The third-order valence-corrected chi connectivity index (χ3v) is 3.93. The van der Waals surface area contributed by atoms with Crippen molar-refractivity contribution in [3.8, 4) is 0 Å². The predicted molar refractivity (Wildman–Crippen MR) is 93.5 cm³/mol. The Kier molecular flexibility index (Phi) is 6.47. The minimum Gasteiger partial charge on any atom is -0.452 e. The van der Waals surface area contributed by atoms with Crippen LogP contribution in [-0.4, -0.2) is 23.4 Å². The highest BCUT2D eigenvalue weighted by Gasteiger charge is 2.34. The lowest BCUT2D eigenvalue weighted by Gasteiger charge is -2.15. The Bertz CT molecular complexity index is 950. The van der Waals surface area contributed by atoms with E-state index in [0.29, 0.717) is 0 Å². The molecular weight excluding hydrogens is 428 g/mol. The SMILES string of the molecule is O=C(COC(=O)c1ccc(Cl)c([N+](=O)[O-])c1)Nc1c(Cl)cccc1C(F)(F)F. The molecule has 0 heterocycles. The molecule has 0 aliphatic heterocycles. The number of carbonyl (C=O) groups excluding carboxylic acids is 2. The first-order valence-electron chi connectivity index (χ1n) is 7.27. The summed E-state index contributed by atoms with van der Waals surface area (Å²) in [5.41, 5.74) is -2.67. The third-order valence-electron chi connectivity index (χ3n) is 3.30. The first kappa shape index (κ1) is 21.5. The molecule has 1 amide bonds. The second-order valence-corrected chi connectivity index (χ2v) is 6.02. The molecule has 2 aromatic carbocycles. The zero-order chi connectivity index (χ0) is 21.1. The number of benzene rings is 2. The predicted octanol–water partition coefficient (Wildman–Crippen LogP) is 4.72. The van der Waals surface area contributed by atoms with Crippen LogP contribution in [-0.2, 0) is 15.7 Å². The van der Waals surface area contributed by atoms with E-state index in [2.05, 4.69) is 4.74 Å². The topological polar surface area (TPSA) is 98.5 Å². The molecule has 12 heteroatoms. The summed E-state index contributed by atoms with van der Waals surface area (Å²) in [5.74, 6) is -2.19. The molecule has 0 aliphatic carbocycles. The molecule has 0 saturated heterocycles. The minimum absolute atomic E-state index is 0.210. The van der Waals surface area contributed by atoms with Gasteiger partial charge >= 0.3 is 12.1 Å². The van der Waals surface area contributed by atoms with E-state index in [1.807, 2.05) is 5.32 Å². The van der Waals surface area contributed by atoms with E-state index in [4.69, 9.17) is 23.2 Å². The monoisotopic (exact) mass is 436 g/mol. The number of nitro groups is 1. The van der Waals surface area contributed by atoms with Gasteiger partial charge in [0.2, 0.25) is 0 Å². The van der Waals surface area contributed by atoms with Crippen molar-refractivity contribution >= 4 is 46.5 Å². The van der Waals surface area contributed by atoms with Gasteiger partial charge in [0.1, 0.15) is 5.02 Å². The van der Waals surface area contributed by atoms with Crippen molar-refractivity contribution < 1.29 is 32.4 Å². The molecule has 0 bridgehead atoms. The number of hydrogen-bond acceptors (Lipinski definition) is 5. The average molecular weight is 437 g/mol. The number of halogens is 5. The van der Waals surface area contributed by atoms with Crippen molar-refractivity contribution in [2.24, 2.45) is 0 Å². The molecule has 0 unspecified atom stereocenters. The van der Waals surface area contributed by atoms with Gasteiger partial charge in [-0.05, 0) is 24.3 Å². The first-order chi connectivity index (χ1) is 13.0. The number of ether oxygens (including phenoxy) is 1. The van der Waals surface area contributed by atoms with Crippen LogP contribution < -0.4 is 5.32 Å². The molecule has 2 aromatic rings. The number of nitrogens with one attached hydrogen (secondary N) is 1. The summed E-state index contributed by atoms with van der Waals surface area (Å²) in [6, 6.07) is 6.00. The largest absolute Gasteiger partial charge is 0.452 e. The van der Waals surface area contributed by atoms with Crippen molar-refractivity contribution in [3.63, 3.8) is 0 Å². The zero-order valence-corrected chi connectivity index (χ0v) is 15.1. The van der Waals surface area contributed by atoms with Crippen molar-refractivity contribution in [2.75, 3.05) is 11.9 Å². The van der Waals surface area contributed by atoms with Gasteiger partial charge in [-0.15, -0.1) is 0 Å². The van der Waals surface area contributed by atoms with E-state index >= 15 is 0 Å². The van der Waals surface area contributed by atoms with Crippen LogP contribution in [0.2, 0.25) is 10.0 Å². The van der Waals surface area contributed by atoms with Crippen LogP contribution in [0.3, 0.4) is 0 Å². The maximum absolute atomic E-state index is 13.0. The Morgan fingerprint density at radius 3 is 2.43 bits per heavy atom. The number of carbonyl (C=O) groups is 2. The maximum Gasteiger partial charge on any atom is 0.418 e. The van der Waals surface area contributed by atoms with E-state index in [1.54, 1.807) is 0 Å². The summed E-state index contributed by atoms with van der Waals surface area (Å²) in [6.07, 6.45) is -4.77. The number of rotatable bonds is 5. The Hall–Kier alpha value is -2.85. The summed E-state index contributed by atoms with van der Waals surface area (Å²) < 4.78 is 43.6. The van der Waals surface area contributed by atoms with E-state index < -0.39 is 46.5 Å². The van der Waals surface area contributed by atoms with Gasteiger partial charge in [-0.1, -0.05) is 29.3 Å². The van der Waals surface area contributed by atoms with Gasteiger partial charge in [0.25, 0.3) is 11.6 Å². The summed E-state index contributed by atoms with van der Waals surface area (Å²) >= 11 is 11.3. The van der Waals surface area contributed by atoms with E-state index in [9.17, 15) is 32.9 Å². The van der Waals surface area contributed by atoms with Crippen LogP contribution in [0.15, 0.2) is 36.4 Å². The standard InChI is InChI=1S/C16H9Cl2F3N2O5/c17-10-5-4-8(6-12(10)23(26)27)15(25)28-7-13(24)22-14-9(16(19,20)21)2-1-3-11(14)18/h1-6H,7H2,(H,22,24). The van der Waals surface area contributed by atoms with Gasteiger partial charge in [-0.3, -0.25) is 14.9 Å². The number of para-hydroxylation sites is 1. The van der Waals surface area contributed by atoms with Crippen molar-refractivity contribution in [1.29, 1.82) is 0 Å². The Morgan fingerprint density at radius 1 is 1.14 bits per heavy atom. The number of amides is 1. The van der Waals surface area contributed by atoms with Crippen molar-refractivity contribution in [2.45, 2.75) is 6.18 Å². The number of nitro benzene ring substituents is 1. The maximum atomic E-state index is 13.0. The van der Waals surface area contributed by atoms with Crippen LogP contribution in [0.4, 0.5) is 24.5 Å². The number of anilines is 1. The Balaban J connectivity index is 2.09. The molecule has 2 rings (SSSR count). The lowest BCUT2D eigenvalue weighted by atomic mass is 10.1. The van der Waals surface area contributed by atoms with Gasteiger partial charge in [0.15, 0.2) is 6.61 Å². The zero-order valence-electron chi connectivity index (χ0n) is 13.5. The highest BCUT2D eigenvalue weighted by molar-refractivity contribution is 6.34. The Labute approximate surface area is 165 Å². The van der Waals surface area contributed by atoms with Crippen LogP contribution in [0.5, 0.6) is 0 Å². The number of alkyl halides is 3. The fraction of sp³-hybridized carbons (Fsp3) is 0.125. The second-order valence-electron chi connectivity index (χ2n) is 5.21. The van der Waals surface area contributed by atoms with E-state index in [-0.39, 0.29) is 15.6 Å². The summed E-state index contributed by atoms with van der Waals surface area (Å²) in [5, 5.41) is 12.2. The molecule has 0 saturated carbocycles.